The van der Waals surface area contributed by atoms with Crippen LogP contribution in [0.3, 0.4) is 0 Å². The van der Waals surface area contributed by atoms with Crippen LogP contribution in [0.25, 0.3) is 43.9 Å². The second-order valence-electron chi connectivity index (χ2n) is 8.62. The van der Waals surface area contributed by atoms with Crippen molar-refractivity contribution in [2.75, 3.05) is 0 Å². The summed E-state index contributed by atoms with van der Waals surface area (Å²) in [6.45, 7) is 6.65. The van der Waals surface area contributed by atoms with Crippen LogP contribution in [0.15, 0.2) is 99.8 Å². The zero-order valence-electron chi connectivity index (χ0n) is 17.5. The van der Waals surface area contributed by atoms with Crippen molar-refractivity contribution in [2.24, 2.45) is 0 Å². The van der Waals surface area contributed by atoms with Crippen LogP contribution >= 0.6 is 0 Å². The summed E-state index contributed by atoms with van der Waals surface area (Å²) in [6, 6.07) is 30.8. The molecule has 2 heteroatoms. The van der Waals surface area contributed by atoms with Crippen LogP contribution in [0, 0.1) is 0 Å². The van der Waals surface area contributed by atoms with Crippen LogP contribution in [0.1, 0.15) is 26.3 Å². The van der Waals surface area contributed by atoms with Crippen LogP contribution < -0.4 is 0 Å². The lowest BCUT2D eigenvalue weighted by molar-refractivity contribution is 0.573. The molecule has 0 atom stereocenters. The summed E-state index contributed by atoms with van der Waals surface area (Å²) < 4.78 is 11.7. The van der Waals surface area contributed by atoms with Gasteiger partial charge in [0.1, 0.15) is 22.3 Å². The topological polar surface area (TPSA) is 26.3 Å². The highest BCUT2D eigenvalue weighted by Gasteiger charge is 2.20. The summed E-state index contributed by atoms with van der Waals surface area (Å²) >= 11 is 0. The fourth-order valence-electron chi connectivity index (χ4n) is 4.01. The Labute approximate surface area is 175 Å². The van der Waals surface area contributed by atoms with Crippen LogP contribution in [0.4, 0.5) is 0 Å². The van der Waals surface area contributed by atoms with Gasteiger partial charge in [0.2, 0.25) is 0 Å². The van der Waals surface area contributed by atoms with E-state index in [-0.39, 0.29) is 5.41 Å². The minimum absolute atomic E-state index is 0.105. The third kappa shape index (κ3) is 3.15. The highest BCUT2D eigenvalue weighted by atomic mass is 16.3. The lowest BCUT2D eigenvalue weighted by Gasteiger charge is -2.18. The van der Waals surface area contributed by atoms with E-state index in [9.17, 15) is 0 Å². The lowest BCUT2D eigenvalue weighted by Crippen LogP contribution is -2.10. The smallest absolute Gasteiger partial charge is 0.139 e. The van der Waals surface area contributed by atoms with Crippen molar-refractivity contribution in [3.63, 3.8) is 0 Å². The van der Waals surface area contributed by atoms with Crippen LogP contribution in [0.5, 0.6) is 0 Å². The quantitative estimate of drug-likeness (QED) is 0.259. The van der Waals surface area contributed by atoms with Crippen molar-refractivity contribution in [1.82, 2.24) is 0 Å². The van der Waals surface area contributed by atoms with Crippen LogP contribution in [-0.4, -0.2) is 0 Å². The molecule has 0 bridgehead atoms. The van der Waals surface area contributed by atoms with Gasteiger partial charge in [-0.15, -0.1) is 0 Å². The van der Waals surface area contributed by atoms with E-state index < -0.39 is 0 Å². The molecule has 148 valence electrons. The van der Waals surface area contributed by atoms with E-state index in [1.807, 2.05) is 48.5 Å². The number of hydrogen-bond donors (Lipinski definition) is 0. The molecule has 0 radical (unpaired) electrons. The number of fused-ring (bicyclic) bond motifs is 6. The molecular formula is C28H24O2. The molecule has 0 aliphatic rings. The van der Waals surface area contributed by atoms with Gasteiger partial charge in [-0.3, -0.25) is 0 Å². The molecule has 0 spiro atoms. The maximum absolute atomic E-state index is 6.01. The molecule has 0 aliphatic carbocycles. The molecule has 0 amide bonds. The normalized spacial score (nSPS) is 11.8. The van der Waals surface area contributed by atoms with Gasteiger partial charge in [-0.2, -0.15) is 0 Å². The second kappa shape index (κ2) is 7.07. The number of rotatable bonds is 0. The molecule has 6 rings (SSSR count). The first kappa shape index (κ1) is 18.5. The van der Waals surface area contributed by atoms with Crippen molar-refractivity contribution < 1.29 is 8.83 Å². The van der Waals surface area contributed by atoms with Crippen molar-refractivity contribution in [3.8, 4) is 0 Å². The van der Waals surface area contributed by atoms with Gasteiger partial charge >= 0.3 is 0 Å². The van der Waals surface area contributed by atoms with Crippen LogP contribution in [0.2, 0.25) is 0 Å². The summed E-state index contributed by atoms with van der Waals surface area (Å²) in [6.07, 6.45) is 0. The summed E-state index contributed by atoms with van der Waals surface area (Å²) in [5, 5.41) is 4.80. The highest BCUT2D eigenvalue weighted by molar-refractivity contribution is 6.06. The Kier molecular flexibility index (Phi) is 4.36. The molecule has 0 aliphatic heterocycles. The Balaban J connectivity index is 0.000000133. The van der Waals surface area contributed by atoms with E-state index in [4.69, 9.17) is 8.83 Å². The molecule has 2 heterocycles. The Morgan fingerprint density at radius 3 is 1.43 bits per heavy atom. The van der Waals surface area contributed by atoms with E-state index in [1.54, 1.807) is 0 Å². The average molecular weight is 392 g/mol. The van der Waals surface area contributed by atoms with E-state index in [0.29, 0.717) is 0 Å². The summed E-state index contributed by atoms with van der Waals surface area (Å²) in [5.74, 6) is 0. The minimum atomic E-state index is 0.105. The monoisotopic (exact) mass is 392 g/mol. The zero-order valence-corrected chi connectivity index (χ0v) is 17.5. The third-order valence-electron chi connectivity index (χ3n) is 5.50. The first-order valence-electron chi connectivity index (χ1n) is 10.3. The predicted octanol–water partition coefficient (Wildman–Crippen LogP) is 8.47. The average Bonchev–Trinajstić information content (AvgIpc) is 3.31. The Hall–Kier alpha value is -3.52. The van der Waals surface area contributed by atoms with Gasteiger partial charge in [0.05, 0.1) is 0 Å². The number of para-hydroxylation sites is 4. The molecule has 4 aromatic carbocycles. The second-order valence-corrected chi connectivity index (χ2v) is 8.62. The van der Waals surface area contributed by atoms with Crippen molar-refractivity contribution in [1.29, 1.82) is 0 Å². The van der Waals surface area contributed by atoms with Gasteiger partial charge in [-0.1, -0.05) is 93.6 Å². The fraction of sp³-hybridized carbons (Fsp3) is 0.143. The van der Waals surface area contributed by atoms with Gasteiger partial charge in [0, 0.05) is 27.1 Å². The molecule has 0 saturated carbocycles. The van der Waals surface area contributed by atoms with Gasteiger partial charge in [-0.25, -0.2) is 0 Å². The number of hydrogen-bond acceptors (Lipinski definition) is 2. The van der Waals surface area contributed by atoms with E-state index in [0.717, 1.165) is 22.3 Å². The van der Waals surface area contributed by atoms with Crippen molar-refractivity contribution in [3.05, 3.63) is 96.6 Å². The molecule has 0 fully saturated rings. The Morgan fingerprint density at radius 2 is 0.900 bits per heavy atom. The Bertz CT molecular complexity index is 1420. The van der Waals surface area contributed by atoms with E-state index in [1.165, 1.54) is 27.1 Å². The lowest BCUT2D eigenvalue weighted by atomic mass is 9.86. The van der Waals surface area contributed by atoms with Gasteiger partial charge in [0.25, 0.3) is 0 Å². The number of benzene rings is 4. The molecule has 2 aromatic heterocycles. The van der Waals surface area contributed by atoms with Crippen molar-refractivity contribution in [2.45, 2.75) is 26.2 Å². The summed E-state index contributed by atoms with van der Waals surface area (Å²) in [5.41, 5.74) is 5.30. The maximum atomic E-state index is 6.01. The summed E-state index contributed by atoms with van der Waals surface area (Å²) in [4.78, 5) is 0. The molecular weight excluding hydrogens is 368 g/mol. The molecule has 0 saturated heterocycles. The van der Waals surface area contributed by atoms with Crippen molar-refractivity contribution >= 4 is 43.9 Å². The van der Waals surface area contributed by atoms with E-state index >= 15 is 0 Å². The molecule has 2 nitrogen and oxygen atoms in total. The van der Waals surface area contributed by atoms with Crippen LogP contribution in [-0.2, 0) is 5.41 Å². The number of furan rings is 2. The SMILES string of the molecule is CC(C)(C)c1cccc2c1oc1ccccc12.c1ccc2c(c1)oc1ccccc12. The van der Waals surface area contributed by atoms with Gasteiger partial charge in [0.15, 0.2) is 0 Å². The molecule has 6 aromatic rings. The Morgan fingerprint density at radius 1 is 0.467 bits per heavy atom. The zero-order chi connectivity index (χ0) is 20.7. The molecule has 0 unspecified atom stereocenters. The predicted molar refractivity (Wildman–Crippen MR) is 126 cm³/mol. The van der Waals surface area contributed by atoms with Gasteiger partial charge in [-0.05, 0) is 23.6 Å². The first-order chi connectivity index (χ1) is 14.5. The maximum Gasteiger partial charge on any atom is 0.139 e. The molecule has 30 heavy (non-hydrogen) atoms. The first-order valence-corrected chi connectivity index (χ1v) is 10.3. The highest BCUT2D eigenvalue weighted by Crippen LogP contribution is 2.35. The van der Waals surface area contributed by atoms with Gasteiger partial charge < -0.3 is 8.83 Å². The largest absolute Gasteiger partial charge is 0.456 e. The van der Waals surface area contributed by atoms with E-state index in [2.05, 4.69) is 63.2 Å². The standard InChI is InChI=1S/C16H16O.C12H8O/c1-16(2,3)13-9-6-8-12-11-7-4-5-10-14(11)17-15(12)13;1-3-7-11-9(5-1)10-6-2-4-8-12(10)13-11/h4-10H,1-3H3;1-8H. The minimum Gasteiger partial charge on any atom is -0.456 e. The third-order valence-corrected chi connectivity index (χ3v) is 5.50. The fourth-order valence-corrected chi connectivity index (χ4v) is 4.01. The molecule has 0 N–H and O–H groups in total. The summed E-state index contributed by atoms with van der Waals surface area (Å²) in [7, 11) is 0.